The van der Waals surface area contributed by atoms with Crippen LogP contribution in [0.2, 0.25) is 0 Å². The van der Waals surface area contributed by atoms with Crippen molar-refractivity contribution in [3.63, 3.8) is 0 Å². The number of nitrogens with one attached hydrogen (secondary N) is 1. The summed E-state index contributed by atoms with van der Waals surface area (Å²) in [5, 5.41) is 3.62. The van der Waals surface area contributed by atoms with E-state index in [1.54, 1.807) is 19.3 Å². The molecule has 0 radical (unpaired) electrons. The molecule has 5 fully saturated rings. The SMILES string of the molecule is CC1CNCCN(C23CC4CC(CC(C4)C2)C3)C1. The Morgan fingerprint density at radius 1 is 1.00 bits per heavy atom. The van der Waals surface area contributed by atoms with E-state index >= 15 is 0 Å². The van der Waals surface area contributed by atoms with E-state index in [1.807, 2.05) is 0 Å². The van der Waals surface area contributed by atoms with Crippen LogP contribution in [0, 0.1) is 23.7 Å². The molecule has 1 aliphatic heterocycles. The fourth-order valence-corrected chi connectivity index (χ4v) is 5.98. The highest BCUT2D eigenvalue weighted by Crippen LogP contribution is 2.57. The van der Waals surface area contributed by atoms with Gasteiger partial charge in [-0.1, -0.05) is 6.92 Å². The second-order valence-corrected chi connectivity index (χ2v) is 7.90. The van der Waals surface area contributed by atoms with Crippen molar-refractivity contribution in [1.82, 2.24) is 10.2 Å². The van der Waals surface area contributed by atoms with Crippen LogP contribution in [0.15, 0.2) is 0 Å². The Morgan fingerprint density at radius 2 is 1.61 bits per heavy atom. The molecular weight excluding hydrogens is 220 g/mol. The Labute approximate surface area is 111 Å². The van der Waals surface area contributed by atoms with Gasteiger partial charge in [0.05, 0.1) is 0 Å². The first kappa shape index (κ1) is 11.7. The van der Waals surface area contributed by atoms with E-state index < -0.39 is 0 Å². The molecule has 0 aromatic heterocycles. The number of hydrogen-bond donors (Lipinski definition) is 1. The predicted octanol–water partition coefficient (Wildman–Crippen LogP) is 2.50. The van der Waals surface area contributed by atoms with Gasteiger partial charge in [-0.15, -0.1) is 0 Å². The van der Waals surface area contributed by atoms with Crippen molar-refractivity contribution < 1.29 is 0 Å². The molecule has 1 heterocycles. The van der Waals surface area contributed by atoms with Crippen LogP contribution in [0.5, 0.6) is 0 Å². The van der Waals surface area contributed by atoms with Crippen LogP contribution >= 0.6 is 0 Å². The molecule has 4 bridgehead atoms. The van der Waals surface area contributed by atoms with Crippen LogP contribution in [0.1, 0.15) is 45.4 Å². The molecule has 0 amide bonds. The molecule has 5 rings (SSSR count). The van der Waals surface area contributed by atoms with Gasteiger partial charge in [-0.05, 0) is 68.7 Å². The fraction of sp³-hybridized carbons (Fsp3) is 1.00. The summed E-state index contributed by atoms with van der Waals surface area (Å²) in [5.74, 6) is 4.09. The molecule has 1 unspecified atom stereocenters. The smallest absolute Gasteiger partial charge is 0.0218 e. The van der Waals surface area contributed by atoms with E-state index in [0.29, 0.717) is 5.54 Å². The van der Waals surface area contributed by atoms with Crippen LogP contribution in [-0.2, 0) is 0 Å². The van der Waals surface area contributed by atoms with Gasteiger partial charge in [-0.3, -0.25) is 4.90 Å². The molecule has 2 nitrogen and oxygen atoms in total. The number of hydrogen-bond acceptors (Lipinski definition) is 2. The molecule has 0 aromatic rings. The van der Waals surface area contributed by atoms with Crippen LogP contribution in [0.4, 0.5) is 0 Å². The third-order valence-corrected chi connectivity index (χ3v) is 6.26. The van der Waals surface area contributed by atoms with Gasteiger partial charge in [0.1, 0.15) is 0 Å². The molecule has 0 spiro atoms. The minimum absolute atomic E-state index is 0.634. The van der Waals surface area contributed by atoms with E-state index in [1.165, 1.54) is 45.4 Å². The van der Waals surface area contributed by atoms with E-state index in [9.17, 15) is 0 Å². The van der Waals surface area contributed by atoms with Crippen LogP contribution in [0.25, 0.3) is 0 Å². The van der Waals surface area contributed by atoms with Gasteiger partial charge in [0, 0.05) is 25.2 Å². The van der Waals surface area contributed by atoms with Crippen molar-refractivity contribution in [3.05, 3.63) is 0 Å². The Kier molecular flexibility index (Phi) is 2.74. The highest BCUT2D eigenvalue weighted by molar-refractivity contribution is 5.07. The lowest BCUT2D eigenvalue weighted by atomic mass is 9.52. The van der Waals surface area contributed by atoms with Crippen molar-refractivity contribution >= 4 is 0 Å². The topological polar surface area (TPSA) is 15.3 Å². The van der Waals surface area contributed by atoms with Gasteiger partial charge < -0.3 is 5.32 Å². The Balaban J connectivity index is 1.58. The summed E-state index contributed by atoms with van der Waals surface area (Å²) in [6, 6.07) is 0. The zero-order valence-corrected chi connectivity index (χ0v) is 11.8. The minimum atomic E-state index is 0.634. The zero-order chi connectivity index (χ0) is 12.2. The molecule has 0 aromatic carbocycles. The van der Waals surface area contributed by atoms with Gasteiger partial charge in [0.2, 0.25) is 0 Å². The lowest BCUT2D eigenvalue weighted by Crippen LogP contribution is -2.61. The molecule has 1 N–H and O–H groups in total. The quantitative estimate of drug-likeness (QED) is 0.767. The zero-order valence-electron chi connectivity index (χ0n) is 11.8. The summed E-state index contributed by atoms with van der Waals surface area (Å²) in [6.45, 7) is 7.51. The number of nitrogens with zero attached hydrogens (tertiary/aromatic N) is 1. The fourth-order valence-electron chi connectivity index (χ4n) is 5.98. The third kappa shape index (κ3) is 1.84. The van der Waals surface area contributed by atoms with Crippen molar-refractivity contribution in [1.29, 1.82) is 0 Å². The maximum absolute atomic E-state index is 3.62. The molecule has 5 aliphatic rings. The minimum Gasteiger partial charge on any atom is -0.315 e. The molecule has 2 heteroatoms. The largest absolute Gasteiger partial charge is 0.315 e. The summed E-state index contributed by atoms with van der Waals surface area (Å²) in [5.41, 5.74) is 0.634. The van der Waals surface area contributed by atoms with Crippen molar-refractivity contribution in [3.8, 4) is 0 Å². The van der Waals surface area contributed by atoms with E-state index in [2.05, 4.69) is 17.1 Å². The lowest BCUT2D eigenvalue weighted by Gasteiger charge is -2.60. The summed E-state index contributed by atoms with van der Waals surface area (Å²) in [6.07, 6.45) is 9.31. The lowest BCUT2D eigenvalue weighted by molar-refractivity contribution is -0.0894. The normalized spacial score (nSPS) is 52.5. The van der Waals surface area contributed by atoms with Gasteiger partial charge >= 0.3 is 0 Å². The second-order valence-electron chi connectivity index (χ2n) is 7.90. The monoisotopic (exact) mass is 248 g/mol. The Morgan fingerprint density at radius 3 is 2.22 bits per heavy atom. The van der Waals surface area contributed by atoms with Gasteiger partial charge in [0.15, 0.2) is 0 Å². The van der Waals surface area contributed by atoms with Gasteiger partial charge in [-0.2, -0.15) is 0 Å². The summed E-state index contributed by atoms with van der Waals surface area (Å²) in [4.78, 5) is 2.92. The average molecular weight is 248 g/mol. The summed E-state index contributed by atoms with van der Waals surface area (Å²) < 4.78 is 0. The highest BCUT2D eigenvalue weighted by Gasteiger charge is 2.53. The summed E-state index contributed by atoms with van der Waals surface area (Å²) in [7, 11) is 0. The van der Waals surface area contributed by atoms with Crippen LogP contribution in [-0.4, -0.2) is 36.6 Å². The highest BCUT2D eigenvalue weighted by atomic mass is 15.2. The number of rotatable bonds is 1. The summed E-state index contributed by atoms with van der Waals surface area (Å²) >= 11 is 0. The van der Waals surface area contributed by atoms with Crippen molar-refractivity contribution in [2.75, 3.05) is 26.2 Å². The molecule has 102 valence electrons. The maximum atomic E-state index is 3.62. The van der Waals surface area contributed by atoms with E-state index in [0.717, 1.165) is 23.7 Å². The van der Waals surface area contributed by atoms with Crippen LogP contribution < -0.4 is 5.32 Å². The average Bonchev–Trinajstić information content (AvgIpc) is 2.52. The molecule has 1 saturated heterocycles. The first-order valence-electron chi connectivity index (χ1n) is 8.19. The third-order valence-electron chi connectivity index (χ3n) is 6.26. The molecule has 18 heavy (non-hydrogen) atoms. The van der Waals surface area contributed by atoms with E-state index in [-0.39, 0.29) is 0 Å². The second kappa shape index (κ2) is 4.21. The molecule has 4 aliphatic carbocycles. The van der Waals surface area contributed by atoms with Crippen molar-refractivity contribution in [2.24, 2.45) is 23.7 Å². The first-order valence-corrected chi connectivity index (χ1v) is 8.19. The van der Waals surface area contributed by atoms with Crippen LogP contribution in [0.3, 0.4) is 0 Å². The van der Waals surface area contributed by atoms with Crippen molar-refractivity contribution in [2.45, 2.75) is 51.0 Å². The molecular formula is C16H28N2. The molecule has 1 atom stereocenters. The standard InChI is InChI=1S/C16H28N2/c1-12-10-17-2-3-18(11-12)16-7-13-4-14(8-16)6-15(5-13)9-16/h12-15,17H,2-11H2,1H3. The van der Waals surface area contributed by atoms with E-state index in [4.69, 9.17) is 0 Å². The van der Waals surface area contributed by atoms with Gasteiger partial charge in [-0.25, -0.2) is 0 Å². The Bertz CT molecular complexity index is 290. The first-order chi connectivity index (χ1) is 8.73. The maximum Gasteiger partial charge on any atom is 0.0218 e. The molecule has 4 saturated carbocycles. The predicted molar refractivity (Wildman–Crippen MR) is 74.5 cm³/mol. The Hall–Kier alpha value is -0.0800. The van der Waals surface area contributed by atoms with Gasteiger partial charge in [0.25, 0.3) is 0 Å².